The van der Waals surface area contributed by atoms with E-state index < -0.39 is 24.2 Å². The predicted octanol–water partition coefficient (Wildman–Crippen LogP) is 1.53. The zero-order chi connectivity index (χ0) is 24.3. The number of carbonyl (C=O) groups is 4. The number of carboxylic acid groups (broad SMARTS) is 1. The van der Waals surface area contributed by atoms with Crippen molar-refractivity contribution in [3.05, 3.63) is 59.7 Å². The van der Waals surface area contributed by atoms with Crippen molar-refractivity contribution in [3.63, 3.8) is 0 Å². The highest BCUT2D eigenvalue weighted by molar-refractivity contribution is 7.27. The van der Waals surface area contributed by atoms with Crippen LogP contribution in [0.4, 0.5) is 5.69 Å². The summed E-state index contributed by atoms with van der Waals surface area (Å²) in [6, 6.07) is 12.5. The van der Waals surface area contributed by atoms with Gasteiger partial charge in [0.05, 0.1) is 12.1 Å². The number of guanidine groups is 1. The Morgan fingerprint density at radius 2 is 1.69 bits per heavy atom. The number of rotatable bonds is 8. The molecule has 1 amide bonds. The molecule has 2 rings (SSSR count). The van der Waals surface area contributed by atoms with Crippen LogP contribution in [0.25, 0.3) is 0 Å². The van der Waals surface area contributed by atoms with E-state index in [4.69, 9.17) is 16.6 Å². The average molecular weight is 458 g/mol. The maximum Gasteiger partial charge on any atom is 0.305 e. The van der Waals surface area contributed by atoms with Crippen molar-refractivity contribution in [1.29, 1.82) is 0 Å². The minimum absolute atomic E-state index is 0.00681. The molecule has 0 aliphatic carbocycles. The van der Waals surface area contributed by atoms with E-state index in [1.54, 1.807) is 55.5 Å². The number of aliphatic imine (C=N–C) groups is 1. The van der Waals surface area contributed by atoms with Gasteiger partial charge in [0.25, 0.3) is 0 Å². The van der Waals surface area contributed by atoms with E-state index in [-0.39, 0.29) is 24.1 Å². The lowest BCUT2D eigenvalue weighted by Gasteiger charge is -2.15. The molecular weight excluding hydrogens is 431 g/mol. The number of hydrogen-bond acceptors (Lipinski definition) is 5. The second-order valence-electron chi connectivity index (χ2n) is 6.70. The van der Waals surface area contributed by atoms with Gasteiger partial charge in [0, 0.05) is 17.5 Å². The molecule has 2 unspecified atom stereocenters. The number of nitrogens with zero attached hydrogens (tertiary/aromatic N) is 1. The highest BCUT2D eigenvalue weighted by Gasteiger charge is 2.24. The van der Waals surface area contributed by atoms with Gasteiger partial charge in [-0.15, -0.1) is 9.24 Å². The van der Waals surface area contributed by atoms with E-state index in [0.29, 0.717) is 16.8 Å². The van der Waals surface area contributed by atoms with Crippen molar-refractivity contribution >= 4 is 49.6 Å². The van der Waals surface area contributed by atoms with Gasteiger partial charge < -0.3 is 21.9 Å². The summed E-state index contributed by atoms with van der Waals surface area (Å²) in [5, 5.41) is 12.2. The van der Waals surface area contributed by atoms with E-state index in [9.17, 15) is 19.2 Å². The van der Waals surface area contributed by atoms with Gasteiger partial charge >= 0.3 is 5.97 Å². The molecule has 6 N–H and O–H groups in total. The molecule has 0 heterocycles. The summed E-state index contributed by atoms with van der Waals surface area (Å²) in [4.78, 5) is 49.0. The quantitative estimate of drug-likeness (QED) is 0.201. The van der Waals surface area contributed by atoms with Gasteiger partial charge in [-0.25, -0.2) is 4.99 Å². The first-order valence-electron chi connectivity index (χ1n) is 9.65. The van der Waals surface area contributed by atoms with Crippen LogP contribution in [0.1, 0.15) is 47.4 Å². The summed E-state index contributed by atoms with van der Waals surface area (Å²) in [5.41, 5.74) is 12.0. The molecule has 0 aromatic heterocycles. The zero-order valence-electron chi connectivity index (χ0n) is 17.9. The Bertz CT molecular complexity index is 1000. The minimum atomic E-state index is -1.13. The fourth-order valence-electron chi connectivity index (χ4n) is 2.47. The molecule has 2 atom stereocenters. The van der Waals surface area contributed by atoms with Gasteiger partial charge in [-0.1, -0.05) is 43.3 Å². The van der Waals surface area contributed by atoms with Crippen LogP contribution in [0.15, 0.2) is 53.5 Å². The molecule has 9 nitrogen and oxygen atoms in total. The molecule has 2 aromatic carbocycles. The van der Waals surface area contributed by atoms with Gasteiger partial charge in [0.2, 0.25) is 5.91 Å². The Morgan fingerprint density at radius 3 is 2.19 bits per heavy atom. The third-order valence-electron chi connectivity index (χ3n) is 4.06. The summed E-state index contributed by atoms with van der Waals surface area (Å²) in [6.45, 7) is 3.13. The molecule has 0 saturated carbocycles. The van der Waals surface area contributed by atoms with Gasteiger partial charge in [0.1, 0.15) is 6.04 Å². The largest absolute Gasteiger partial charge is 0.481 e. The molecule has 0 aliphatic rings. The standard InChI is InChI=1S/C13H16NO4P.C9H11N3O/c1-2-11(15)14-10(7-12(16)17)13(18)8-3-5-9(19)6-4-8;1-6(13)7-3-2-4-8(5-7)12-9(10)11/h3-6,10H,2,7,19H2,1H3,(H,14,15)(H,16,17);2-5H,1H3,(H4,10,11,12). The fourth-order valence-corrected chi connectivity index (χ4v) is 2.66. The van der Waals surface area contributed by atoms with E-state index in [1.165, 1.54) is 6.92 Å². The summed E-state index contributed by atoms with van der Waals surface area (Å²) in [7, 11) is 2.49. The first kappa shape index (κ1) is 26.5. The van der Waals surface area contributed by atoms with Crippen LogP contribution in [-0.2, 0) is 9.59 Å². The SMILES string of the molecule is CC(=O)c1cccc(N=C(N)N)c1.CCC(=O)NC(CC(=O)O)C(=O)c1ccc(P)cc1. The predicted molar refractivity (Wildman–Crippen MR) is 127 cm³/mol. The number of carbonyl (C=O) groups excluding carboxylic acids is 3. The van der Waals surface area contributed by atoms with Gasteiger partial charge in [-0.05, 0) is 24.4 Å². The summed E-state index contributed by atoms with van der Waals surface area (Å²) in [5.74, 6) is -1.89. The number of ketones is 2. The van der Waals surface area contributed by atoms with Crippen molar-refractivity contribution in [2.45, 2.75) is 32.7 Å². The van der Waals surface area contributed by atoms with E-state index >= 15 is 0 Å². The Morgan fingerprint density at radius 1 is 1.06 bits per heavy atom. The Balaban J connectivity index is 0.000000343. The van der Waals surface area contributed by atoms with E-state index in [2.05, 4.69) is 19.5 Å². The highest BCUT2D eigenvalue weighted by atomic mass is 31.0. The normalized spacial score (nSPS) is 10.7. The lowest BCUT2D eigenvalue weighted by Crippen LogP contribution is -2.42. The first-order valence-corrected chi connectivity index (χ1v) is 10.2. The molecule has 0 spiro atoms. The number of Topliss-reactive ketones (excluding diaryl/α,β-unsaturated/α-hetero) is 2. The summed E-state index contributed by atoms with van der Waals surface area (Å²) >= 11 is 0. The fraction of sp³-hybridized carbons (Fsp3) is 0.227. The Hall–Kier alpha value is -3.58. The van der Waals surface area contributed by atoms with Crippen LogP contribution in [0, 0.1) is 0 Å². The monoisotopic (exact) mass is 458 g/mol. The van der Waals surface area contributed by atoms with Crippen LogP contribution in [-0.4, -0.2) is 40.6 Å². The lowest BCUT2D eigenvalue weighted by atomic mass is 10.0. The van der Waals surface area contributed by atoms with Gasteiger partial charge in [0.15, 0.2) is 17.5 Å². The minimum Gasteiger partial charge on any atom is -0.481 e. The van der Waals surface area contributed by atoms with Crippen LogP contribution in [0.5, 0.6) is 0 Å². The van der Waals surface area contributed by atoms with Crippen molar-refractivity contribution in [2.24, 2.45) is 16.5 Å². The topological polar surface area (TPSA) is 165 Å². The molecule has 0 fully saturated rings. The first-order chi connectivity index (χ1) is 15.0. The third kappa shape index (κ3) is 9.49. The number of benzene rings is 2. The van der Waals surface area contributed by atoms with Crippen LogP contribution >= 0.6 is 9.24 Å². The number of amides is 1. The number of aliphatic carboxylic acids is 1. The number of nitrogens with one attached hydrogen (secondary N) is 1. The van der Waals surface area contributed by atoms with Crippen molar-refractivity contribution in [1.82, 2.24) is 5.32 Å². The van der Waals surface area contributed by atoms with Crippen LogP contribution < -0.4 is 22.1 Å². The van der Waals surface area contributed by atoms with Crippen molar-refractivity contribution < 1.29 is 24.3 Å². The van der Waals surface area contributed by atoms with E-state index in [0.717, 1.165) is 5.30 Å². The maximum absolute atomic E-state index is 12.2. The number of hydrogen-bond donors (Lipinski definition) is 4. The molecule has 10 heteroatoms. The third-order valence-corrected chi connectivity index (χ3v) is 4.44. The number of carboxylic acids is 1. The van der Waals surface area contributed by atoms with Crippen molar-refractivity contribution in [2.75, 3.05) is 0 Å². The molecule has 0 saturated heterocycles. The highest BCUT2D eigenvalue weighted by Crippen LogP contribution is 2.13. The molecule has 170 valence electrons. The molecular formula is C22H27N4O5P. The molecule has 0 aliphatic heterocycles. The molecule has 32 heavy (non-hydrogen) atoms. The smallest absolute Gasteiger partial charge is 0.305 e. The van der Waals surface area contributed by atoms with Gasteiger partial charge in [-0.3, -0.25) is 19.2 Å². The summed E-state index contributed by atoms with van der Waals surface area (Å²) in [6.07, 6.45) is -0.221. The number of nitrogens with two attached hydrogens (primary N) is 2. The second-order valence-corrected chi connectivity index (χ2v) is 7.37. The van der Waals surface area contributed by atoms with Crippen LogP contribution in [0.3, 0.4) is 0 Å². The van der Waals surface area contributed by atoms with Crippen LogP contribution in [0.2, 0.25) is 0 Å². The van der Waals surface area contributed by atoms with E-state index in [1.807, 2.05) is 0 Å². The average Bonchev–Trinajstić information content (AvgIpc) is 2.73. The maximum atomic E-state index is 12.2. The molecule has 0 bridgehead atoms. The lowest BCUT2D eigenvalue weighted by molar-refractivity contribution is -0.137. The summed E-state index contributed by atoms with van der Waals surface area (Å²) < 4.78 is 0. The molecule has 0 radical (unpaired) electrons. The van der Waals surface area contributed by atoms with Crippen molar-refractivity contribution in [3.8, 4) is 0 Å². The van der Waals surface area contributed by atoms with Gasteiger partial charge in [-0.2, -0.15) is 0 Å². The second kappa shape index (κ2) is 13.0. The molecule has 2 aromatic rings. The Labute approximate surface area is 188 Å². The zero-order valence-corrected chi connectivity index (χ0v) is 19.0. The Kier molecular flexibility index (Phi) is 10.7.